The van der Waals surface area contributed by atoms with Gasteiger partial charge in [0.1, 0.15) is 0 Å². The van der Waals surface area contributed by atoms with Gasteiger partial charge in [0.25, 0.3) is 0 Å². The number of nitro groups is 1. The van der Waals surface area contributed by atoms with Crippen molar-refractivity contribution in [2.45, 2.75) is 6.54 Å². The lowest BCUT2D eigenvalue weighted by molar-refractivity contribution is -0.385. The Morgan fingerprint density at radius 2 is 1.82 bits per heavy atom. The molecule has 0 aliphatic heterocycles. The van der Waals surface area contributed by atoms with Crippen LogP contribution in [0.1, 0.15) is 26.5 Å². The molecule has 2 aromatic rings. The maximum absolute atomic E-state index is 11.3. The second kappa shape index (κ2) is 5.93. The van der Waals surface area contributed by atoms with E-state index in [1.54, 1.807) is 24.3 Å². The largest absolute Gasteiger partial charge is 0.476 e. The molecule has 0 aliphatic carbocycles. The molecular weight excluding hydrogens is 362 g/mol. The molecule has 0 aliphatic rings. The van der Waals surface area contributed by atoms with Gasteiger partial charge in [0, 0.05) is 4.47 Å². The van der Waals surface area contributed by atoms with Crippen LogP contribution in [0.25, 0.3) is 0 Å². The van der Waals surface area contributed by atoms with Gasteiger partial charge in [-0.2, -0.15) is 5.10 Å². The lowest BCUT2D eigenvalue weighted by Gasteiger charge is -2.04. The highest BCUT2D eigenvalue weighted by atomic mass is 79.9. The standard InChI is InChI=1S/C12H8BrN3O6/c13-7-3-1-6(2-4-7)5-15-10(12(19)20)9(16(21)22)8(14-15)11(17)18/h1-4H,5H2,(H,17,18)(H,19,20). The molecular formula is C12H8BrN3O6. The van der Waals surface area contributed by atoms with Crippen LogP contribution in [0.4, 0.5) is 5.69 Å². The minimum Gasteiger partial charge on any atom is -0.476 e. The van der Waals surface area contributed by atoms with Crippen LogP contribution < -0.4 is 0 Å². The number of aromatic nitrogens is 2. The number of halogens is 1. The fourth-order valence-corrected chi connectivity index (χ4v) is 2.12. The van der Waals surface area contributed by atoms with E-state index in [0.717, 1.165) is 9.15 Å². The molecule has 10 heteroatoms. The van der Waals surface area contributed by atoms with Gasteiger partial charge in [0.15, 0.2) is 0 Å². The highest BCUT2D eigenvalue weighted by molar-refractivity contribution is 9.10. The summed E-state index contributed by atoms with van der Waals surface area (Å²) in [6, 6.07) is 6.71. The van der Waals surface area contributed by atoms with Gasteiger partial charge < -0.3 is 10.2 Å². The van der Waals surface area contributed by atoms with Crippen LogP contribution in [0.3, 0.4) is 0 Å². The van der Waals surface area contributed by atoms with Crippen LogP contribution in [-0.2, 0) is 6.54 Å². The SMILES string of the molecule is O=C(O)c1nn(Cc2ccc(Br)cc2)c(C(=O)O)c1[N+](=O)[O-]. The lowest BCUT2D eigenvalue weighted by atomic mass is 10.2. The van der Waals surface area contributed by atoms with Crippen molar-refractivity contribution in [3.05, 3.63) is 55.8 Å². The minimum absolute atomic E-state index is 0.108. The highest BCUT2D eigenvalue weighted by Crippen LogP contribution is 2.25. The van der Waals surface area contributed by atoms with Gasteiger partial charge in [-0.25, -0.2) is 14.3 Å². The molecule has 2 N–H and O–H groups in total. The molecule has 0 unspecified atom stereocenters. The molecule has 0 atom stereocenters. The summed E-state index contributed by atoms with van der Waals surface area (Å²) in [6.07, 6.45) is 0. The van der Waals surface area contributed by atoms with E-state index >= 15 is 0 Å². The molecule has 2 rings (SSSR count). The Balaban J connectivity index is 2.57. The zero-order chi connectivity index (χ0) is 16.4. The fourth-order valence-electron chi connectivity index (χ4n) is 1.86. The Morgan fingerprint density at radius 3 is 2.27 bits per heavy atom. The van der Waals surface area contributed by atoms with Crippen molar-refractivity contribution in [3.8, 4) is 0 Å². The topological polar surface area (TPSA) is 136 Å². The predicted molar refractivity (Wildman–Crippen MR) is 76.0 cm³/mol. The number of hydrogen-bond acceptors (Lipinski definition) is 5. The summed E-state index contributed by atoms with van der Waals surface area (Å²) in [5.41, 5.74) is -2.10. The second-order valence-corrected chi connectivity index (χ2v) is 5.11. The Bertz CT molecular complexity index is 768. The van der Waals surface area contributed by atoms with Crippen LogP contribution in [0.15, 0.2) is 28.7 Å². The van der Waals surface area contributed by atoms with Crippen molar-refractivity contribution >= 4 is 33.6 Å². The first-order valence-corrected chi connectivity index (χ1v) is 6.56. The zero-order valence-electron chi connectivity index (χ0n) is 10.8. The average Bonchev–Trinajstić information content (AvgIpc) is 2.81. The maximum Gasteiger partial charge on any atom is 0.363 e. The van der Waals surface area contributed by atoms with Crippen molar-refractivity contribution < 1.29 is 24.7 Å². The molecule has 114 valence electrons. The van der Waals surface area contributed by atoms with Gasteiger partial charge in [0.05, 0.1) is 11.5 Å². The van der Waals surface area contributed by atoms with Gasteiger partial charge in [-0.15, -0.1) is 0 Å². The first-order chi connectivity index (χ1) is 10.3. The first kappa shape index (κ1) is 15.6. The molecule has 0 amide bonds. The predicted octanol–water partition coefficient (Wildman–Crippen LogP) is 2.00. The number of nitrogens with zero attached hydrogens (tertiary/aromatic N) is 3. The van der Waals surface area contributed by atoms with Gasteiger partial charge >= 0.3 is 17.6 Å². The Morgan fingerprint density at radius 1 is 1.23 bits per heavy atom. The van der Waals surface area contributed by atoms with E-state index in [9.17, 15) is 19.7 Å². The number of carbonyl (C=O) groups is 2. The summed E-state index contributed by atoms with van der Waals surface area (Å²) in [5.74, 6) is -3.28. The normalized spacial score (nSPS) is 10.4. The van der Waals surface area contributed by atoms with E-state index in [1.807, 2.05) is 0 Å². The number of rotatable bonds is 5. The summed E-state index contributed by atoms with van der Waals surface area (Å²) < 4.78 is 1.60. The Labute approximate surface area is 131 Å². The number of aromatic carboxylic acids is 2. The van der Waals surface area contributed by atoms with Crippen LogP contribution >= 0.6 is 15.9 Å². The lowest BCUT2D eigenvalue weighted by Crippen LogP contribution is -2.12. The first-order valence-electron chi connectivity index (χ1n) is 5.77. The third-order valence-electron chi connectivity index (χ3n) is 2.76. The van der Waals surface area contributed by atoms with Crippen LogP contribution in [-0.4, -0.2) is 36.9 Å². The fraction of sp³-hybridized carbons (Fsp3) is 0.0833. The molecule has 0 spiro atoms. The Kier molecular flexibility index (Phi) is 4.22. The molecule has 9 nitrogen and oxygen atoms in total. The van der Waals surface area contributed by atoms with E-state index < -0.39 is 33.9 Å². The average molecular weight is 370 g/mol. The van der Waals surface area contributed by atoms with E-state index in [4.69, 9.17) is 10.2 Å². The van der Waals surface area contributed by atoms with Crippen molar-refractivity contribution in [2.75, 3.05) is 0 Å². The van der Waals surface area contributed by atoms with E-state index in [1.165, 1.54) is 0 Å². The van der Waals surface area contributed by atoms with Crippen molar-refractivity contribution in [1.29, 1.82) is 0 Å². The van der Waals surface area contributed by atoms with Crippen LogP contribution in [0, 0.1) is 10.1 Å². The second-order valence-electron chi connectivity index (χ2n) is 4.20. The third kappa shape index (κ3) is 2.96. The molecule has 22 heavy (non-hydrogen) atoms. The molecule has 0 radical (unpaired) electrons. The van der Waals surface area contributed by atoms with Crippen molar-refractivity contribution in [2.24, 2.45) is 0 Å². The third-order valence-corrected chi connectivity index (χ3v) is 3.29. The highest BCUT2D eigenvalue weighted by Gasteiger charge is 2.35. The maximum atomic E-state index is 11.3. The molecule has 0 saturated heterocycles. The molecule has 1 aromatic carbocycles. The van der Waals surface area contributed by atoms with Crippen molar-refractivity contribution in [3.63, 3.8) is 0 Å². The molecule has 1 heterocycles. The molecule has 0 fully saturated rings. The molecule has 0 saturated carbocycles. The van der Waals surface area contributed by atoms with Crippen LogP contribution in [0.5, 0.6) is 0 Å². The van der Waals surface area contributed by atoms with Gasteiger partial charge in [-0.05, 0) is 17.7 Å². The summed E-state index contributed by atoms with van der Waals surface area (Å²) in [4.78, 5) is 32.2. The minimum atomic E-state index is -1.66. The van der Waals surface area contributed by atoms with Gasteiger partial charge in [0.2, 0.25) is 11.4 Å². The monoisotopic (exact) mass is 369 g/mol. The Hall–Kier alpha value is -2.75. The summed E-state index contributed by atoms with van der Waals surface area (Å²) in [5, 5.41) is 32.6. The summed E-state index contributed by atoms with van der Waals surface area (Å²) >= 11 is 3.24. The van der Waals surface area contributed by atoms with E-state index in [0.29, 0.717) is 5.56 Å². The molecule has 1 aromatic heterocycles. The van der Waals surface area contributed by atoms with Gasteiger partial charge in [-0.1, -0.05) is 28.1 Å². The molecule has 0 bridgehead atoms. The van der Waals surface area contributed by atoms with Crippen molar-refractivity contribution in [1.82, 2.24) is 9.78 Å². The quantitative estimate of drug-likeness (QED) is 0.607. The van der Waals surface area contributed by atoms with Crippen LogP contribution in [0.2, 0.25) is 0 Å². The summed E-state index contributed by atoms with van der Waals surface area (Å²) in [6.45, 7) is -0.108. The van der Waals surface area contributed by atoms with E-state index in [2.05, 4.69) is 21.0 Å². The summed E-state index contributed by atoms with van der Waals surface area (Å²) in [7, 11) is 0. The number of carboxylic acids is 2. The van der Waals surface area contributed by atoms with Gasteiger partial charge in [-0.3, -0.25) is 10.1 Å². The zero-order valence-corrected chi connectivity index (χ0v) is 12.3. The number of benzene rings is 1. The smallest absolute Gasteiger partial charge is 0.363 e. The van der Waals surface area contributed by atoms with E-state index in [-0.39, 0.29) is 6.54 Å². The number of hydrogen-bond donors (Lipinski definition) is 2. The number of carboxylic acid groups (broad SMARTS) is 2.